The summed E-state index contributed by atoms with van der Waals surface area (Å²) in [5, 5.41) is 20.4. The van der Waals surface area contributed by atoms with Crippen molar-refractivity contribution < 1.29 is 14.3 Å². The fourth-order valence-corrected chi connectivity index (χ4v) is 3.50. The number of anilines is 3. The Morgan fingerprint density at radius 1 is 0.889 bits per heavy atom. The second kappa shape index (κ2) is 11.1. The molecule has 0 aliphatic carbocycles. The SMILES string of the molecule is CCOc1ccc(NC(=O)c2ccc(NC(=O)CNc3ccc(C)c(-n4nnnc4C)c3)cc2)cc1. The van der Waals surface area contributed by atoms with Crippen molar-refractivity contribution in [3.05, 3.63) is 83.7 Å². The number of aromatic nitrogens is 4. The number of nitrogens with zero attached hydrogens (tertiary/aromatic N) is 4. The number of hydrogen-bond donors (Lipinski definition) is 3. The molecule has 4 aromatic rings. The number of nitrogens with one attached hydrogen (secondary N) is 3. The predicted molar refractivity (Wildman–Crippen MR) is 138 cm³/mol. The summed E-state index contributed by atoms with van der Waals surface area (Å²) in [5.74, 6) is 0.953. The van der Waals surface area contributed by atoms with Crippen molar-refractivity contribution in [1.82, 2.24) is 20.2 Å². The lowest BCUT2D eigenvalue weighted by Gasteiger charge is -2.12. The standard InChI is InChI=1S/C26H27N7O3/c1-4-36-23-13-11-21(12-14-23)29-26(35)19-6-9-20(10-7-19)28-25(34)16-27-22-8-5-17(2)24(15-22)33-18(3)30-31-32-33/h5-15,27H,4,16H2,1-3H3,(H,28,34)(H,29,35). The first-order valence-electron chi connectivity index (χ1n) is 11.5. The predicted octanol–water partition coefficient (Wildman–Crippen LogP) is 3.98. The van der Waals surface area contributed by atoms with E-state index < -0.39 is 0 Å². The molecule has 0 fully saturated rings. The van der Waals surface area contributed by atoms with Gasteiger partial charge in [-0.3, -0.25) is 9.59 Å². The molecule has 4 rings (SSSR count). The van der Waals surface area contributed by atoms with Gasteiger partial charge in [-0.25, -0.2) is 0 Å². The van der Waals surface area contributed by atoms with Crippen LogP contribution in [-0.4, -0.2) is 45.2 Å². The normalized spacial score (nSPS) is 10.5. The molecule has 0 atom stereocenters. The minimum Gasteiger partial charge on any atom is -0.494 e. The Morgan fingerprint density at radius 3 is 2.22 bits per heavy atom. The van der Waals surface area contributed by atoms with Crippen molar-refractivity contribution in [2.45, 2.75) is 20.8 Å². The average Bonchev–Trinajstić information content (AvgIpc) is 3.31. The number of hydrogen-bond acceptors (Lipinski definition) is 7. The number of carbonyl (C=O) groups excluding carboxylic acids is 2. The monoisotopic (exact) mass is 485 g/mol. The number of carbonyl (C=O) groups is 2. The van der Waals surface area contributed by atoms with E-state index in [2.05, 4.69) is 31.5 Å². The van der Waals surface area contributed by atoms with Gasteiger partial charge in [0.15, 0.2) is 5.82 Å². The number of amides is 2. The maximum Gasteiger partial charge on any atom is 0.255 e. The highest BCUT2D eigenvalue weighted by molar-refractivity contribution is 6.04. The highest BCUT2D eigenvalue weighted by atomic mass is 16.5. The van der Waals surface area contributed by atoms with Gasteiger partial charge < -0.3 is 20.7 Å². The summed E-state index contributed by atoms with van der Waals surface area (Å²) in [6.45, 7) is 6.35. The van der Waals surface area contributed by atoms with Gasteiger partial charge in [0, 0.05) is 22.6 Å². The summed E-state index contributed by atoms with van der Waals surface area (Å²) in [4.78, 5) is 25.0. The first-order chi connectivity index (χ1) is 17.4. The molecule has 0 saturated heterocycles. The van der Waals surface area contributed by atoms with Gasteiger partial charge in [-0.2, -0.15) is 4.68 Å². The smallest absolute Gasteiger partial charge is 0.255 e. The third-order valence-electron chi connectivity index (χ3n) is 5.37. The van der Waals surface area contributed by atoms with Gasteiger partial charge >= 0.3 is 0 Å². The second-order valence-corrected chi connectivity index (χ2v) is 8.03. The van der Waals surface area contributed by atoms with Crippen LogP contribution < -0.4 is 20.7 Å². The molecule has 1 aromatic heterocycles. The molecule has 10 heteroatoms. The molecule has 0 radical (unpaired) electrons. The minimum atomic E-state index is -0.244. The third kappa shape index (κ3) is 6.03. The van der Waals surface area contributed by atoms with Gasteiger partial charge in [0.05, 0.1) is 18.8 Å². The van der Waals surface area contributed by atoms with Crippen molar-refractivity contribution in [2.24, 2.45) is 0 Å². The molecule has 36 heavy (non-hydrogen) atoms. The van der Waals surface area contributed by atoms with Gasteiger partial charge in [-0.05, 0) is 97.4 Å². The Balaban J connectivity index is 1.30. The van der Waals surface area contributed by atoms with Crippen LogP contribution in [0.2, 0.25) is 0 Å². The van der Waals surface area contributed by atoms with Crippen LogP contribution in [0.3, 0.4) is 0 Å². The maximum absolute atomic E-state index is 12.5. The second-order valence-electron chi connectivity index (χ2n) is 8.03. The fraction of sp³-hybridized carbons (Fsp3) is 0.192. The van der Waals surface area contributed by atoms with Gasteiger partial charge in [-0.15, -0.1) is 5.10 Å². The Labute approximate surface area is 208 Å². The lowest BCUT2D eigenvalue weighted by Crippen LogP contribution is -2.22. The molecule has 1 heterocycles. The quantitative estimate of drug-likeness (QED) is 0.328. The van der Waals surface area contributed by atoms with E-state index in [0.717, 1.165) is 22.7 Å². The lowest BCUT2D eigenvalue weighted by molar-refractivity contribution is -0.114. The van der Waals surface area contributed by atoms with Crippen LogP contribution in [0.25, 0.3) is 5.69 Å². The van der Waals surface area contributed by atoms with Crippen LogP contribution >= 0.6 is 0 Å². The van der Waals surface area contributed by atoms with E-state index in [0.29, 0.717) is 29.4 Å². The first kappa shape index (κ1) is 24.4. The molecule has 184 valence electrons. The molecule has 0 bridgehead atoms. The van der Waals surface area contributed by atoms with Crippen LogP contribution in [0.5, 0.6) is 5.75 Å². The topological polar surface area (TPSA) is 123 Å². The van der Waals surface area contributed by atoms with Crippen molar-refractivity contribution in [1.29, 1.82) is 0 Å². The van der Waals surface area contributed by atoms with E-state index in [9.17, 15) is 9.59 Å². The van der Waals surface area contributed by atoms with Crippen molar-refractivity contribution >= 4 is 28.9 Å². The Hall–Kier alpha value is -4.73. The Morgan fingerprint density at radius 2 is 1.56 bits per heavy atom. The van der Waals surface area contributed by atoms with Crippen LogP contribution in [0.4, 0.5) is 17.1 Å². The Bertz CT molecular complexity index is 1350. The molecule has 10 nitrogen and oxygen atoms in total. The Kier molecular flexibility index (Phi) is 7.54. The van der Waals surface area contributed by atoms with E-state index in [1.54, 1.807) is 53.2 Å². The highest BCUT2D eigenvalue weighted by Gasteiger charge is 2.10. The van der Waals surface area contributed by atoms with Crippen molar-refractivity contribution in [3.8, 4) is 11.4 Å². The van der Waals surface area contributed by atoms with Crippen LogP contribution in [0, 0.1) is 13.8 Å². The lowest BCUT2D eigenvalue weighted by atomic mass is 10.1. The summed E-state index contributed by atoms with van der Waals surface area (Å²) in [6, 6.07) is 19.6. The molecule has 0 unspecified atom stereocenters. The summed E-state index contributed by atoms with van der Waals surface area (Å²) in [5.41, 5.74) is 4.34. The zero-order chi connectivity index (χ0) is 25.5. The molecular formula is C26H27N7O3. The van der Waals surface area contributed by atoms with E-state index >= 15 is 0 Å². The van der Waals surface area contributed by atoms with E-state index in [1.807, 2.05) is 39.0 Å². The fourth-order valence-electron chi connectivity index (χ4n) is 3.50. The number of tetrazole rings is 1. The van der Waals surface area contributed by atoms with Crippen LogP contribution in [0.15, 0.2) is 66.7 Å². The zero-order valence-electron chi connectivity index (χ0n) is 20.3. The minimum absolute atomic E-state index is 0.0665. The van der Waals surface area contributed by atoms with Gasteiger partial charge in [0.1, 0.15) is 5.75 Å². The number of rotatable bonds is 9. The molecular weight excluding hydrogens is 458 g/mol. The van der Waals surface area contributed by atoms with E-state index in [1.165, 1.54) is 0 Å². The van der Waals surface area contributed by atoms with Crippen molar-refractivity contribution in [3.63, 3.8) is 0 Å². The highest BCUT2D eigenvalue weighted by Crippen LogP contribution is 2.20. The molecule has 2 amide bonds. The average molecular weight is 486 g/mol. The van der Waals surface area contributed by atoms with Crippen molar-refractivity contribution in [2.75, 3.05) is 29.1 Å². The summed E-state index contributed by atoms with van der Waals surface area (Å²) < 4.78 is 7.05. The molecule has 0 spiro atoms. The van der Waals surface area contributed by atoms with E-state index in [4.69, 9.17) is 4.74 Å². The van der Waals surface area contributed by atoms with Gasteiger partial charge in [0.25, 0.3) is 5.91 Å². The zero-order valence-corrected chi connectivity index (χ0v) is 20.3. The summed E-state index contributed by atoms with van der Waals surface area (Å²) in [7, 11) is 0. The molecule has 0 saturated carbocycles. The van der Waals surface area contributed by atoms with Gasteiger partial charge in [0.2, 0.25) is 5.91 Å². The molecule has 0 aliphatic rings. The summed E-state index contributed by atoms with van der Waals surface area (Å²) in [6.07, 6.45) is 0. The maximum atomic E-state index is 12.5. The molecule has 3 N–H and O–H groups in total. The first-order valence-corrected chi connectivity index (χ1v) is 11.5. The number of ether oxygens (including phenoxy) is 1. The van der Waals surface area contributed by atoms with E-state index in [-0.39, 0.29) is 18.4 Å². The third-order valence-corrected chi connectivity index (χ3v) is 5.37. The van der Waals surface area contributed by atoms with Gasteiger partial charge in [-0.1, -0.05) is 6.07 Å². The number of aryl methyl sites for hydroxylation is 2. The largest absolute Gasteiger partial charge is 0.494 e. The van der Waals surface area contributed by atoms with Crippen LogP contribution in [0.1, 0.15) is 28.7 Å². The summed E-state index contributed by atoms with van der Waals surface area (Å²) >= 11 is 0. The molecule has 3 aromatic carbocycles. The number of benzene rings is 3. The molecule has 0 aliphatic heterocycles. The van der Waals surface area contributed by atoms with Crippen LogP contribution in [-0.2, 0) is 4.79 Å².